The number of guanidine groups is 1. The number of aryl methyl sites for hydroxylation is 1. The van der Waals surface area contributed by atoms with Crippen molar-refractivity contribution in [2.24, 2.45) is 4.99 Å². The van der Waals surface area contributed by atoms with Crippen molar-refractivity contribution < 1.29 is 0 Å². The Morgan fingerprint density at radius 1 is 1.00 bits per heavy atom. The van der Waals surface area contributed by atoms with Crippen molar-refractivity contribution in [1.29, 1.82) is 0 Å². The van der Waals surface area contributed by atoms with E-state index in [2.05, 4.69) is 4.99 Å². The van der Waals surface area contributed by atoms with Crippen molar-refractivity contribution in [3.8, 4) is 0 Å². The molecule has 0 radical (unpaired) electrons. The summed E-state index contributed by atoms with van der Waals surface area (Å²) in [6.45, 7) is 10.1. The van der Waals surface area contributed by atoms with Crippen LogP contribution in [0.5, 0.6) is 0 Å². The summed E-state index contributed by atoms with van der Waals surface area (Å²) in [6.07, 6.45) is 0. The number of benzene rings is 1. The summed E-state index contributed by atoms with van der Waals surface area (Å²) in [5, 5.41) is 0. The van der Waals surface area contributed by atoms with Gasteiger partial charge in [0.1, 0.15) is 0 Å². The number of aliphatic imine (C=N–C) groups is 1. The molecule has 1 aromatic carbocycles. The standard InChI is InChI=1S/C14H21Cl3N3P/c1-10(2)18-14-19(11(3)4)21(15,16,17)20(14)13-8-6-12(5)7-9-13/h6-11H,1-5H3. The molecule has 0 amide bonds. The second-order valence-corrected chi connectivity index (χ2v) is 15.5. The first kappa shape index (κ1) is 17.1. The Balaban J connectivity index is 2.53. The number of hydrogen-bond acceptors (Lipinski definition) is 1. The molecule has 0 aliphatic carbocycles. The van der Waals surface area contributed by atoms with Crippen molar-refractivity contribution in [3.05, 3.63) is 29.8 Å². The Morgan fingerprint density at radius 3 is 1.95 bits per heavy atom. The molecule has 1 fully saturated rings. The van der Waals surface area contributed by atoms with E-state index in [-0.39, 0.29) is 12.1 Å². The number of hydrogen-bond donors (Lipinski definition) is 0. The average molecular weight is 369 g/mol. The molecule has 1 heterocycles. The maximum atomic E-state index is 6.67. The third kappa shape index (κ3) is 2.99. The first-order valence-corrected chi connectivity index (χ1v) is 11.8. The summed E-state index contributed by atoms with van der Waals surface area (Å²) in [5.41, 5.74) is 2.04. The van der Waals surface area contributed by atoms with Crippen LogP contribution in [-0.2, 0) is 0 Å². The molecular weight excluding hydrogens is 348 g/mol. The van der Waals surface area contributed by atoms with E-state index in [4.69, 9.17) is 33.7 Å². The normalized spacial score (nSPS) is 24.1. The van der Waals surface area contributed by atoms with Crippen LogP contribution in [0.4, 0.5) is 5.69 Å². The summed E-state index contributed by atoms with van der Waals surface area (Å²) < 4.78 is 3.63. The van der Waals surface area contributed by atoms with Crippen LogP contribution in [0, 0.1) is 6.92 Å². The van der Waals surface area contributed by atoms with Gasteiger partial charge in [0, 0.05) is 0 Å². The zero-order chi connectivity index (χ0) is 16.0. The summed E-state index contributed by atoms with van der Waals surface area (Å²) >= 11 is 20.0. The van der Waals surface area contributed by atoms with Crippen molar-refractivity contribution in [3.63, 3.8) is 0 Å². The van der Waals surface area contributed by atoms with Gasteiger partial charge in [0.15, 0.2) is 0 Å². The molecule has 0 aromatic heterocycles. The summed E-state index contributed by atoms with van der Waals surface area (Å²) in [4.78, 5) is 0.964. The van der Waals surface area contributed by atoms with Gasteiger partial charge in [-0.15, -0.1) is 0 Å². The predicted octanol–water partition coefficient (Wildman–Crippen LogP) is 6.13. The number of nitrogens with zero attached hydrogens (tertiary/aromatic N) is 3. The van der Waals surface area contributed by atoms with Crippen LogP contribution in [0.1, 0.15) is 33.3 Å². The molecule has 2 rings (SSSR count). The fraction of sp³-hybridized carbons (Fsp3) is 0.500. The van der Waals surface area contributed by atoms with Crippen LogP contribution in [0.2, 0.25) is 0 Å². The van der Waals surface area contributed by atoms with Gasteiger partial charge in [-0.2, -0.15) is 0 Å². The van der Waals surface area contributed by atoms with E-state index in [1.807, 2.05) is 63.6 Å². The first-order valence-electron chi connectivity index (χ1n) is 6.95. The molecule has 21 heavy (non-hydrogen) atoms. The predicted molar refractivity (Wildman–Crippen MR) is 97.7 cm³/mol. The molecule has 1 aliphatic heterocycles. The Hall–Kier alpha value is -0.210. The number of halogens is 3. The molecule has 7 heteroatoms. The molecule has 0 saturated carbocycles. The monoisotopic (exact) mass is 367 g/mol. The molecule has 1 aromatic rings. The fourth-order valence-corrected chi connectivity index (χ4v) is 8.09. The van der Waals surface area contributed by atoms with Gasteiger partial charge in [-0.25, -0.2) is 0 Å². The van der Waals surface area contributed by atoms with Gasteiger partial charge in [-0.05, 0) is 0 Å². The maximum absolute atomic E-state index is 6.67. The second kappa shape index (κ2) is 5.45. The Kier molecular flexibility index (Phi) is 4.45. The van der Waals surface area contributed by atoms with Gasteiger partial charge in [-0.1, -0.05) is 0 Å². The summed E-state index contributed by atoms with van der Waals surface area (Å²) in [6, 6.07) is 8.17. The van der Waals surface area contributed by atoms with E-state index in [0.717, 1.165) is 11.6 Å². The van der Waals surface area contributed by atoms with Crippen molar-refractivity contribution in [1.82, 2.24) is 4.67 Å². The molecule has 118 valence electrons. The topological polar surface area (TPSA) is 18.8 Å². The van der Waals surface area contributed by atoms with Crippen LogP contribution >= 0.6 is 38.7 Å². The zero-order valence-corrected chi connectivity index (χ0v) is 16.0. The van der Waals surface area contributed by atoms with Gasteiger partial charge >= 0.3 is 141 Å². The zero-order valence-electron chi connectivity index (χ0n) is 12.9. The molecular formula is C14H21Cl3N3P. The first-order chi connectivity index (χ1) is 9.53. The van der Waals surface area contributed by atoms with Crippen LogP contribution in [-0.4, -0.2) is 22.7 Å². The molecule has 0 N–H and O–H groups in total. The second-order valence-electron chi connectivity index (χ2n) is 5.84. The molecule has 1 aliphatic rings. The third-order valence-electron chi connectivity index (χ3n) is 3.19. The number of rotatable bonds is 3. The third-order valence-corrected chi connectivity index (χ3v) is 8.38. The van der Waals surface area contributed by atoms with Crippen LogP contribution in [0.25, 0.3) is 0 Å². The summed E-state index contributed by atoms with van der Waals surface area (Å²) in [5.74, 6) is 0.738. The SMILES string of the molecule is Cc1ccc(N2C(=NC(C)C)N(C(C)C)P2(Cl)(Cl)Cl)cc1. The van der Waals surface area contributed by atoms with Crippen molar-refractivity contribution >= 4 is 50.3 Å². The van der Waals surface area contributed by atoms with E-state index in [0.29, 0.717) is 0 Å². The van der Waals surface area contributed by atoms with Gasteiger partial charge < -0.3 is 0 Å². The van der Waals surface area contributed by atoms with Gasteiger partial charge in [0.05, 0.1) is 0 Å². The molecule has 0 atom stereocenters. The number of anilines is 1. The van der Waals surface area contributed by atoms with Crippen molar-refractivity contribution in [2.75, 3.05) is 4.67 Å². The molecule has 0 unspecified atom stereocenters. The minimum atomic E-state index is -3.69. The molecule has 0 bridgehead atoms. The van der Waals surface area contributed by atoms with Gasteiger partial charge in [0.2, 0.25) is 0 Å². The fourth-order valence-electron chi connectivity index (χ4n) is 2.36. The van der Waals surface area contributed by atoms with E-state index in [1.54, 1.807) is 4.67 Å². The van der Waals surface area contributed by atoms with Crippen LogP contribution < -0.4 is 4.67 Å². The minimum absolute atomic E-state index is 0.0781. The summed E-state index contributed by atoms with van der Waals surface area (Å²) in [7, 11) is 0. The van der Waals surface area contributed by atoms with Crippen LogP contribution in [0.15, 0.2) is 29.3 Å². The van der Waals surface area contributed by atoms with Gasteiger partial charge in [-0.3, -0.25) is 0 Å². The molecule has 1 saturated heterocycles. The van der Waals surface area contributed by atoms with E-state index in [9.17, 15) is 0 Å². The molecule has 0 spiro atoms. The Bertz CT molecular complexity index is 561. The Labute approximate surface area is 141 Å². The molecule has 3 nitrogen and oxygen atoms in total. The van der Waals surface area contributed by atoms with E-state index < -0.39 is 4.96 Å². The van der Waals surface area contributed by atoms with E-state index in [1.165, 1.54) is 5.56 Å². The quantitative estimate of drug-likeness (QED) is 0.597. The average Bonchev–Trinajstić information content (AvgIpc) is 2.28. The Morgan fingerprint density at radius 2 is 1.52 bits per heavy atom. The van der Waals surface area contributed by atoms with Crippen LogP contribution in [0.3, 0.4) is 0 Å². The van der Waals surface area contributed by atoms with Crippen molar-refractivity contribution in [2.45, 2.75) is 46.7 Å². The van der Waals surface area contributed by atoms with E-state index >= 15 is 0 Å². The van der Waals surface area contributed by atoms with Gasteiger partial charge in [0.25, 0.3) is 0 Å².